The summed E-state index contributed by atoms with van der Waals surface area (Å²) in [5.74, 6) is -4.13. The van der Waals surface area contributed by atoms with Gasteiger partial charge in [0.05, 0.1) is 21.5 Å². The highest BCUT2D eigenvalue weighted by atomic mass is 79.9. The molecular weight excluding hydrogens is 353 g/mol. The monoisotopic (exact) mass is 360 g/mol. The Morgan fingerprint density at radius 1 is 1.10 bits per heavy atom. The van der Waals surface area contributed by atoms with Gasteiger partial charge in [-0.2, -0.15) is 0 Å². The van der Waals surface area contributed by atoms with Crippen LogP contribution < -0.4 is 11.1 Å². The van der Waals surface area contributed by atoms with Crippen molar-refractivity contribution in [2.45, 2.75) is 0 Å². The predicted octanol–water partition coefficient (Wildman–Crippen LogP) is 3.89. The quantitative estimate of drug-likeness (QED) is 0.573. The normalized spacial score (nSPS) is 10.5. The molecule has 0 bridgehead atoms. The number of nitrogens with two attached hydrogens (primary N) is 1. The maximum atomic E-state index is 13.7. The van der Waals surface area contributed by atoms with Crippen LogP contribution in [0, 0.1) is 17.5 Å². The van der Waals surface area contributed by atoms with Gasteiger partial charge in [0.2, 0.25) is 0 Å². The average Bonchev–Trinajstić information content (AvgIpc) is 2.40. The lowest BCUT2D eigenvalue weighted by Crippen LogP contribution is -2.09. The standard InChI is InChI=1S/C13H8BrF3N2O2/c14-5-3-10(8(17)4-7(5)16)19-9-2-1-6(15)12(18)11(9)13(20)21/h1-4,19H,18H2,(H,20,21). The van der Waals surface area contributed by atoms with Crippen LogP contribution in [0.5, 0.6) is 0 Å². The highest BCUT2D eigenvalue weighted by Crippen LogP contribution is 2.31. The zero-order chi connectivity index (χ0) is 15.7. The number of carbonyl (C=O) groups is 1. The van der Waals surface area contributed by atoms with E-state index in [-0.39, 0.29) is 15.8 Å². The first-order chi connectivity index (χ1) is 9.81. The molecule has 0 atom stereocenters. The van der Waals surface area contributed by atoms with Crippen LogP contribution in [-0.4, -0.2) is 11.1 Å². The molecule has 2 aromatic rings. The molecule has 8 heteroatoms. The van der Waals surface area contributed by atoms with E-state index in [1.165, 1.54) is 0 Å². The third-order valence-corrected chi connectivity index (χ3v) is 3.29. The van der Waals surface area contributed by atoms with Crippen molar-refractivity contribution in [2.24, 2.45) is 0 Å². The number of benzene rings is 2. The maximum Gasteiger partial charge on any atom is 0.340 e. The first-order valence-electron chi connectivity index (χ1n) is 5.54. The zero-order valence-electron chi connectivity index (χ0n) is 10.3. The third-order valence-electron chi connectivity index (χ3n) is 2.69. The van der Waals surface area contributed by atoms with Crippen LogP contribution in [0.25, 0.3) is 0 Å². The van der Waals surface area contributed by atoms with Crippen molar-refractivity contribution in [2.75, 3.05) is 11.1 Å². The summed E-state index contributed by atoms with van der Waals surface area (Å²) >= 11 is 2.88. The second-order valence-corrected chi connectivity index (χ2v) is 4.91. The van der Waals surface area contributed by atoms with E-state index in [9.17, 15) is 18.0 Å². The highest BCUT2D eigenvalue weighted by Gasteiger charge is 2.19. The van der Waals surface area contributed by atoms with Crippen molar-refractivity contribution >= 4 is 39.0 Å². The van der Waals surface area contributed by atoms with Gasteiger partial charge in [-0.05, 0) is 34.1 Å². The molecule has 0 radical (unpaired) electrons. The molecule has 0 saturated carbocycles. The van der Waals surface area contributed by atoms with Crippen LogP contribution >= 0.6 is 15.9 Å². The molecule has 0 aliphatic rings. The fourth-order valence-electron chi connectivity index (χ4n) is 1.69. The van der Waals surface area contributed by atoms with Gasteiger partial charge < -0.3 is 16.2 Å². The second-order valence-electron chi connectivity index (χ2n) is 4.06. The number of carboxylic acid groups (broad SMARTS) is 1. The summed E-state index contributed by atoms with van der Waals surface area (Å²) in [6.45, 7) is 0. The number of nitrogens with one attached hydrogen (secondary N) is 1. The van der Waals surface area contributed by atoms with Crippen molar-refractivity contribution < 1.29 is 23.1 Å². The van der Waals surface area contributed by atoms with E-state index in [4.69, 9.17) is 10.8 Å². The summed E-state index contributed by atoms with van der Waals surface area (Å²) in [5.41, 5.74) is 3.97. The van der Waals surface area contributed by atoms with Crippen LogP contribution in [-0.2, 0) is 0 Å². The van der Waals surface area contributed by atoms with Gasteiger partial charge in [-0.1, -0.05) is 0 Å². The molecule has 0 saturated heterocycles. The van der Waals surface area contributed by atoms with Gasteiger partial charge in [0.25, 0.3) is 0 Å². The van der Waals surface area contributed by atoms with Crippen molar-refractivity contribution in [3.05, 3.63) is 51.8 Å². The minimum absolute atomic E-state index is 0.0154. The van der Waals surface area contributed by atoms with Gasteiger partial charge in [-0.25, -0.2) is 18.0 Å². The lowest BCUT2D eigenvalue weighted by molar-refractivity contribution is 0.0698. The fraction of sp³-hybridized carbons (Fsp3) is 0. The molecule has 0 aliphatic carbocycles. The first-order valence-corrected chi connectivity index (χ1v) is 6.33. The molecule has 0 aromatic heterocycles. The van der Waals surface area contributed by atoms with E-state index in [1.807, 2.05) is 0 Å². The number of nitrogen functional groups attached to an aromatic ring is 1. The Balaban J connectivity index is 2.52. The van der Waals surface area contributed by atoms with Crippen molar-refractivity contribution in [1.29, 1.82) is 0 Å². The summed E-state index contributed by atoms with van der Waals surface area (Å²) in [5, 5.41) is 11.5. The Hall–Kier alpha value is -2.22. The van der Waals surface area contributed by atoms with Crippen molar-refractivity contribution in [3.8, 4) is 0 Å². The molecule has 0 spiro atoms. The first kappa shape index (κ1) is 15.2. The number of anilines is 3. The molecule has 0 heterocycles. The number of carboxylic acids is 1. The molecule has 0 amide bonds. The van der Waals surface area contributed by atoms with E-state index in [0.717, 1.165) is 18.2 Å². The largest absolute Gasteiger partial charge is 0.478 e. The Bertz CT molecular complexity index is 738. The molecule has 21 heavy (non-hydrogen) atoms. The summed E-state index contributed by atoms with van der Waals surface area (Å²) in [4.78, 5) is 11.1. The fourth-order valence-corrected chi connectivity index (χ4v) is 2.04. The molecule has 0 aliphatic heterocycles. The predicted molar refractivity (Wildman–Crippen MR) is 75.1 cm³/mol. The van der Waals surface area contributed by atoms with Gasteiger partial charge in [-0.15, -0.1) is 0 Å². The van der Waals surface area contributed by atoms with E-state index in [1.54, 1.807) is 0 Å². The number of rotatable bonds is 3. The minimum Gasteiger partial charge on any atom is -0.478 e. The molecule has 2 rings (SSSR count). The molecule has 110 valence electrons. The zero-order valence-corrected chi connectivity index (χ0v) is 11.8. The van der Waals surface area contributed by atoms with Crippen LogP contribution in [0.1, 0.15) is 10.4 Å². The topological polar surface area (TPSA) is 75.3 Å². The average molecular weight is 361 g/mol. The summed E-state index contributed by atoms with van der Waals surface area (Å²) in [6, 6.07) is 3.77. The number of aromatic carboxylic acids is 1. The molecule has 2 aromatic carbocycles. The Labute approximate surface area is 125 Å². The van der Waals surface area contributed by atoms with Gasteiger partial charge >= 0.3 is 5.97 Å². The third kappa shape index (κ3) is 2.94. The number of halogens is 4. The van der Waals surface area contributed by atoms with E-state index in [2.05, 4.69) is 21.2 Å². The molecule has 4 N–H and O–H groups in total. The lowest BCUT2D eigenvalue weighted by Gasteiger charge is -2.13. The number of hydrogen-bond acceptors (Lipinski definition) is 3. The Kier molecular flexibility index (Phi) is 4.08. The van der Waals surface area contributed by atoms with Crippen molar-refractivity contribution in [1.82, 2.24) is 0 Å². The van der Waals surface area contributed by atoms with E-state index in [0.29, 0.717) is 6.07 Å². The van der Waals surface area contributed by atoms with E-state index >= 15 is 0 Å². The Morgan fingerprint density at radius 2 is 1.76 bits per heavy atom. The summed E-state index contributed by atoms with van der Waals surface area (Å²) < 4.78 is 40.1. The van der Waals surface area contributed by atoms with Crippen LogP contribution in [0.2, 0.25) is 0 Å². The molecule has 0 unspecified atom stereocenters. The minimum atomic E-state index is -1.48. The molecule has 0 fully saturated rings. The Morgan fingerprint density at radius 3 is 2.38 bits per heavy atom. The van der Waals surface area contributed by atoms with Crippen LogP contribution in [0.15, 0.2) is 28.7 Å². The summed E-state index contributed by atoms with van der Waals surface area (Å²) in [6.07, 6.45) is 0. The second kappa shape index (κ2) is 5.65. The SMILES string of the molecule is Nc1c(F)ccc(Nc2cc(Br)c(F)cc2F)c1C(=O)O. The maximum absolute atomic E-state index is 13.7. The lowest BCUT2D eigenvalue weighted by atomic mass is 10.1. The molecular formula is C13H8BrF3N2O2. The van der Waals surface area contributed by atoms with Crippen molar-refractivity contribution in [3.63, 3.8) is 0 Å². The van der Waals surface area contributed by atoms with Crippen LogP contribution in [0.3, 0.4) is 0 Å². The smallest absolute Gasteiger partial charge is 0.340 e. The summed E-state index contributed by atoms with van der Waals surface area (Å²) in [7, 11) is 0. The van der Waals surface area contributed by atoms with Gasteiger partial charge in [-0.3, -0.25) is 0 Å². The van der Waals surface area contributed by atoms with Crippen LogP contribution in [0.4, 0.5) is 30.2 Å². The number of hydrogen-bond donors (Lipinski definition) is 3. The molecule has 4 nitrogen and oxygen atoms in total. The van der Waals surface area contributed by atoms with Gasteiger partial charge in [0.1, 0.15) is 23.0 Å². The van der Waals surface area contributed by atoms with Gasteiger partial charge in [0, 0.05) is 6.07 Å². The highest BCUT2D eigenvalue weighted by molar-refractivity contribution is 9.10. The van der Waals surface area contributed by atoms with Gasteiger partial charge in [0.15, 0.2) is 0 Å². The van der Waals surface area contributed by atoms with E-state index < -0.39 is 34.7 Å².